The third kappa shape index (κ3) is 2.85. The first-order chi connectivity index (χ1) is 14.8. The predicted octanol–water partition coefficient (Wildman–Crippen LogP) is 6.84. The van der Waals surface area contributed by atoms with E-state index in [4.69, 9.17) is 0 Å². The molecule has 8 unspecified atom stereocenters. The Kier molecular flexibility index (Phi) is 4.92. The van der Waals surface area contributed by atoms with E-state index >= 15 is 0 Å². The van der Waals surface area contributed by atoms with Gasteiger partial charge in [-0.15, -0.1) is 0 Å². The Balaban J connectivity index is 1.55. The highest BCUT2D eigenvalue weighted by atomic mass is 16.4. The number of carboxylic acids is 1. The Bertz CT molecular complexity index is 839. The molecular weight excluding hydrogens is 396 g/mol. The molecule has 5 aliphatic carbocycles. The fraction of sp³-hybridized carbons (Fsp3) is 0.897. The summed E-state index contributed by atoms with van der Waals surface area (Å²) in [4.78, 5) is 12.6. The molecule has 32 heavy (non-hydrogen) atoms. The van der Waals surface area contributed by atoms with Crippen molar-refractivity contribution in [3.05, 3.63) is 11.6 Å². The van der Waals surface area contributed by atoms with Gasteiger partial charge in [0.2, 0.25) is 0 Å². The molecule has 180 valence electrons. The van der Waals surface area contributed by atoms with Crippen molar-refractivity contribution in [2.75, 3.05) is 0 Å². The molecule has 0 radical (unpaired) electrons. The van der Waals surface area contributed by atoms with Crippen LogP contribution in [0.4, 0.5) is 0 Å². The van der Waals surface area contributed by atoms with Crippen molar-refractivity contribution >= 4 is 5.97 Å². The molecule has 5 rings (SSSR count). The number of aliphatic hydroxyl groups is 1. The maximum Gasteiger partial charge on any atom is 0.310 e. The first kappa shape index (κ1) is 22.9. The van der Waals surface area contributed by atoms with Crippen LogP contribution in [-0.4, -0.2) is 22.3 Å². The van der Waals surface area contributed by atoms with Crippen LogP contribution in [0.1, 0.15) is 106 Å². The second-order valence-electron chi connectivity index (χ2n) is 14.4. The molecule has 0 spiro atoms. The van der Waals surface area contributed by atoms with Gasteiger partial charge in [0, 0.05) is 0 Å². The van der Waals surface area contributed by atoms with Gasteiger partial charge < -0.3 is 10.2 Å². The second-order valence-corrected chi connectivity index (χ2v) is 14.4. The average Bonchev–Trinajstić information content (AvgIpc) is 2.70. The van der Waals surface area contributed by atoms with Crippen LogP contribution in [0.3, 0.4) is 0 Å². The van der Waals surface area contributed by atoms with Crippen LogP contribution in [0, 0.1) is 50.7 Å². The topological polar surface area (TPSA) is 57.5 Å². The minimum atomic E-state index is -0.539. The zero-order valence-corrected chi connectivity index (χ0v) is 21.3. The number of carboxylic acid groups (broad SMARTS) is 1. The summed E-state index contributed by atoms with van der Waals surface area (Å²) in [5, 5.41) is 21.2. The smallest absolute Gasteiger partial charge is 0.310 e. The zero-order valence-electron chi connectivity index (χ0n) is 21.3. The van der Waals surface area contributed by atoms with Gasteiger partial charge in [0.1, 0.15) is 0 Å². The number of fused-ring (bicyclic) bond motifs is 7. The fourth-order valence-corrected chi connectivity index (χ4v) is 10.3. The normalized spacial score (nSPS) is 51.3. The summed E-state index contributed by atoms with van der Waals surface area (Å²) in [6.45, 7) is 14.4. The van der Waals surface area contributed by atoms with Crippen LogP contribution in [0.15, 0.2) is 11.6 Å². The molecule has 0 aromatic carbocycles. The van der Waals surface area contributed by atoms with Gasteiger partial charge >= 0.3 is 5.97 Å². The van der Waals surface area contributed by atoms with E-state index in [2.05, 4.69) is 47.6 Å². The van der Waals surface area contributed by atoms with Gasteiger partial charge in [0.05, 0.1) is 11.5 Å². The molecule has 0 aromatic rings. The number of allylic oxidation sites excluding steroid dienone is 2. The van der Waals surface area contributed by atoms with Gasteiger partial charge in [0.25, 0.3) is 0 Å². The molecule has 8 atom stereocenters. The molecule has 0 heterocycles. The summed E-state index contributed by atoms with van der Waals surface area (Å²) in [6.07, 6.45) is 12.8. The summed E-state index contributed by atoms with van der Waals surface area (Å²) in [7, 11) is 0. The summed E-state index contributed by atoms with van der Waals surface area (Å²) in [5.74, 6) is 1.43. The Morgan fingerprint density at radius 2 is 1.53 bits per heavy atom. The molecule has 0 aliphatic heterocycles. The molecule has 3 heteroatoms. The molecule has 3 nitrogen and oxygen atoms in total. The van der Waals surface area contributed by atoms with E-state index in [1.807, 2.05) is 0 Å². The number of rotatable bonds is 1. The van der Waals surface area contributed by atoms with Gasteiger partial charge in [-0.2, -0.15) is 0 Å². The number of hydrogen-bond acceptors (Lipinski definition) is 2. The van der Waals surface area contributed by atoms with Crippen LogP contribution in [0.5, 0.6) is 0 Å². The molecule has 5 aliphatic rings. The Labute approximate surface area is 195 Å². The van der Waals surface area contributed by atoms with Crippen molar-refractivity contribution in [3.63, 3.8) is 0 Å². The van der Waals surface area contributed by atoms with Gasteiger partial charge in [-0.3, -0.25) is 4.79 Å². The van der Waals surface area contributed by atoms with Crippen molar-refractivity contribution in [2.45, 2.75) is 112 Å². The molecule has 4 fully saturated rings. The number of aliphatic carboxylic acids is 1. The zero-order chi connectivity index (χ0) is 23.3. The van der Waals surface area contributed by atoms with Crippen molar-refractivity contribution < 1.29 is 15.0 Å². The summed E-state index contributed by atoms with van der Waals surface area (Å²) in [5.41, 5.74) is 1.75. The van der Waals surface area contributed by atoms with Gasteiger partial charge in [0.15, 0.2) is 0 Å². The number of carbonyl (C=O) groups is 1. The molecule has 0 saturated heterocycles. The van der Waals surface area contributed by atoms with E-state index < -0.39 is 11.4 Å². The average molecular weight is 443 g/mol. The van der Waals surface area contributed by atoms with Crippen molar-refractivity contribution in [1.82, 2.24) is 0 Å². The van der Waals surface area contributed by atoms with E-state index in [9.17, 15) is 15.0 Å². The van der Waals surface area contributed by atoms with Gasteiger partial charge in [-0.05, 0) is 110 Å². The number of aliphatic hydroxyl groups excluding tert-OH is 1. The SMILES string of the molecule is CC1(C)CCC2(C(=O)O)CCC3C(=CCC4C3(C)CCC3C(C)(C)C(O)CCC34C)C2C1. The predicted molar refractivity (Wildman–Crippen MR) is 128 cm³/mol. The molecule has 0 amide bonds. The fourth-order valence-electron chi connectivity index (χ4n) is 10.3. The van der Waals surface area contributed by atoms with Crippen LogP contribution < -0.4 is 0 Å². The maximum atomic E-state index is 12.6. The Morgan fingerprint density at radius 1 is 0.844 bits per heavy atom. The van der Waals surface area contributed by atoms with E-state index in [1.54, 1.807) is 0 Å². The monoisotopic (exact) mass is 442 g/mol. The van der Waals surface area contributed by atoms with Crippen LogP contribution in [0.25, 0.3) is 0 Å². The van der Waals surface area contributed by atoms with E-state index in [0.29, 0.717) is 17.8 Å². The van der Waals surface area contributed by atoms with E-state index in [0.717, 1.165) is 51.4 Å². The maximum absolute atomic E-state index is 12.6. The van der Waals surface area contributed by atoms with Crippen molar-refractivity contribution in [1.29, 1.82) is 0 Å². The lowest BCUT2D eigenvalue weighted by Gasteiger charge is -2.68. The van der Waals surface area contributed by atoms with Crippen molar-refractivity contribution in [2.24, 2.45) is 50.7 Å². The van der Waals surface area contributed by atoms with Crippen LogP contribution in [0.2, 0.25) is 0 Å². The van der Waals surface area contributed by atoms with Crippen LogP contribution in [-0.2, 0) is 4.79 Å². The highest BCUT2D eigenvalue weighted by molar-refractivity contribution is 5.76. The third-order valence-electron chi connectivity index (χ3n) is 12.2. The molecule has 0 aromatic heterocycles. The lowest BCUT2D eigenvalue weighted by atomic mass is 9.37. The Morgan fingerprint density at radius 3 is 2.22 bits per heavy atom. The quantitative estimate of drug-likeness (QED) is 0.437. The highest BCUT2D eigenvalue weighted by Crippen LogP contribution is 2.72. The van der Waals surface area contributed by atoms with Gasteiger partial charge in [-0.1, -0.05) is 53.2 Å². The largest absolute Gasteiger partial charge is 0.481 e. The minimum Gasteiger partial charge on any atom is -0.481 e. The first-order valence-electron chi connectivity index (χ1n) is 13.4. The lowest BCUT2D eigenvalue weighted by Crippen LogP contribution is -2.62. The molecular formula is C29H46O3. The first-order valence-corrected chi connectivity index (χ1v) is 13.4. The van der Waals surface area contributed by atoms with Crippen molar-refractivity contribution in [3.8, 4) is 0 Å². The highest BCUT2D eigenvalue weighted by Gasteiger charge is 2.65. The minimum absolute atomic E-state index is 0.0171. The van der Waals surface area contributed by atoms with Crippen LogP contribution >= 0.6 is 0 Å². The molecule has 0 bridgehead atoms. The lowest BCUT2D eigenvalue weighted by molar-refractivity contribution is -0.188. The standard InChI is InChI=1S/C29H46O3/c1-25(2)15-16-29(24(31)32)14-9-19-18(20(29)17-25)7-8-22-27(19,5)12-10-21-26(3,4)23(30)11-13-28(21,22)6/h7,19-23,30H,8-17H2,1-6H3,(H,31,32). The second kappa shape index (κ2) is 6.86. The summed E-state index contributed by atoms with van der Waals surface area (Å²) >= 11 is 0. The third-order valence-corrected chi connectivity index (χ3v) is 12.2. The summed E-state index contributed by atoms with van der Waals surface area (Å²) < 4.78 is 0. The number of hydrogen-bond donors (Lipinski definition) is 2. The Hall–Kier alpha value is -0.830. The molecule has 4 saturated carbocycles. The molecule has 2 N–H and O–H groups in total. The van der Waals surface area contributed by atoms with E-state index in [-0.39, 0.29) is 33.7 Å². The summed E-state index contributed by atoms with van der Waals surface area (Å²) in [6, 6.07) is 0. The van der Waals surface area contributed by atoms with Gasteiger partial charge in [-0.25, -0.2) is 0 Å². The van der Waals surface area contributed by atoms with E-state index in [1.165, 1.54) is 18.4 Å².